The molecule has 0 aliphatic carbocycles. The van der Waals surface area contributed by atoms with E-state index >= 15 is 0 Å². The van der Waals surface area contributed by atoms with Crippen molar-refractivity contribution < 1.29 is 19.0 Å². The van der Waals surface area contributed by atoms with E-state index in [-0.39, 0.29) is 12.0 Å². The van der Waals surface area contributed by atoms with Gasteiger partial charge in [0.25, 0.3) is 5.91 Å². The molecule has 0 bridgehead atoms. The maximum atomic E-state index is 12.3. The molecule has 0 spiro atoms. The lowest BCUT2D eigenvalue weighted by Gasteiger charge is -2.26. The van der Waals surface area contributed by atoms with Crippen molar-refractivity contribution in [3.8, 4) is 11.5 Å². The summed E-state index contributed by atoms with van der Waals surface area (Å²) < 4.78 is 16.3. The summed E-state index contributed by atoms with van der Waals surface area (Å²) in [4.78, 5) is 14.7. The Labute approximate surface area is 150 Å². The molecule has 1 aromatic carbocycles. The number of benzene rings is 1. The fourth-order valence-corrected chi connectivity index (χ4v) is 2.75. The highest BCUT2D eigenvalue weighted by atomic mass is 16.5. The topological polar surface area (TPSA) is 60.0 Å². The standard InChI is InChI=1S/C19H30N2O4/c1-15(2)25-17-7-6-16(14-18(17)23-3)19(22)20-8-4-5-9-21-10-12-24-13-11-21/h6-7,14-15H,4-5,8-13H2,1-3H3,(H,20,22). The minimum Gasteiger partial charge on any atom is -0.493 e. The molecule has 0 atom stereocenters. The highest BCUT2D eigenvalue weighted by molar-refractivity contribution is 5.94. The second-order valence-corrected chi connectivity index (χ2v) is 6.45. The highest BCUT2D eigenvalue weighted by Gasteiger charge is 2.12. The van der Waals surface area contributed by atoms with Crippen molar-refractivity contribution in [2.45, 2.75) is 32.8 Å². The number of methoxy groups -OCH3 is 1. The number of morpholine rings is 1. The van der Waals surface area contributed by atoms with Crippen LogP contribution in [0.2, 0.25) is 0 Å². The molecule has 1 aliphatic rings. The minimum absolute atomic E-state index is 0.0556. The van der Waals surface area contributed by atoms with Crippen LogP contribution in [0.4, 0.5) is 0 Å². The van der Waals surface area contributed by atoms with E-state index in [0.717, 1.165) is 45.7 Å². The summed E-state index contributed by atoms with van der Waals surface area (Å²) in [5, 5.41) is 2.97. The molecule has 6 heteroatoms. The van der Waals surface area contributed by atoms with Crippen molar-refractivity contribution in [3.05, 3.63) is 23.8 Å². The van der Waals surface area contributed by atoms with Gasteiger partial charge in [-0.25, -0.2) is 0 Å². The van der Waals surface area contributed by atoms with E-state index in [1.807, 2.05) is 13.8 Å². The fourth-order valence-electron chi connectivity index (χ4n) is 2.75. The van der Waals surface area contributed by atoms with Gasteiger partial charge in [0.2, 0.25) is 0 Å². The number of amides is 1. The molecule has 1 amide bonds. The predicted molar refractivity (Wildman–Crippen MR) is 97.6 cm³/mol. The number of ether oxygens (including phenoxy) is 3. The molecule has 1 N–H and O–H groups in total. The quantitative estimate of drug-likeness (QED) is 0.693. The Hall–Kier alpha value is -1.79. The van der Waals surface area contributed by atoms with Gasteiger partial charge in [-0.2, -0.15) is 0 Å². The first-order valence-electron chi connectivity index (χ1n) is 9.03. The molecule has 1 heterocycles. The number of carbonyl (C=O) groups excluding carboxylic acids is 1. The summed E-state index contributed by atoms with van der Waals surface area (Å²) in [6, 6.07) is 5.27. The molecule has 25 heavy (non-hydrogen) atoms. The van der Waals surface area contributed by atoms with E-state index in [1.165, 1.54) is 0 Å². The SMILES string of the molecule is COc1cc(C(=O)NCCCCN2CCOCC2)ccc1OC(C)C. The summed E-state index contributed by atoms with van der Waals surface area (Å²) in [7, 11) is 1.58. The number of rotatable bonds is 9. The predicted octanol–water partition coefficient (Wildman–Crippen LogP) is 2.32. The molecular weight excluding hydrogens is 320 g/mol. The Morgan fingerprint density at radius 2 is 2.00 bits per heavy atom. The van der Waals surface area contributed by atoms with Gasteiger partial charge < -0.3 is 19.5 Å². The van der Waals surface area contributed by atoms with E-state index in [0.29, 0.717) is 23.6 Å². The van der Waals surface area contributed by atoms with Crippen LogP contribution in [0.1, 0.15) is 37.0 Å². The van der Waals surface area contributed by atoms with Crippen molar-refractivity contribution >= 4 is 5.91 Å². The zero-order valence-corrected chi connectivity index (χ0v) is 15.5. The van der Waals surface area contributed by atoms with E-state index in [4.69, 9.17) is 14.2 Å². The van der Waals surface area contributed by atoms with E-state index in [9.17, 15) is 4.79 Å². The van der Waals surface area contributed by atoms with E-state index < -0.39 is 0 Å². The summed E-state index contributed by atoms with van der Waals surface area (Å²) >= 11 is 0. The van der Waals surface area contributed by atoms with Gasteiger partial charge in [0.15, 0.2) is 11.5 Å². The van der Waals surface area contributed by atoms with Gasteiger partial charge in [0.05, 0.1) is 26.4 Å². The molecule has 140 valence electrons. The molecule has 0 aromatic heterocycles. The number of hydrogen-bond acceptors (Lipinski definition) is 5. The molecule has 0 unspecified atom stereocenters. The van der Waals surface area contributed by atoms with Gasteiger partial charge in [0.1, 0.15) is 0 Å². The fraction of sp³-hybridized carbons (Fsp3) is 0.632. The van der Waals surface area contributed by atoms with Crippen LogP contribution in [0.15, 0.2) is 18.2 Å². The summed E-state index contributed by atoms with van der Waals surface area (Å²) in [6.07, 6.45) is 2.10. The van der Waals surface area contributed by atoms with E-state index in [1.54, 1.807) is 25.3 Å². The van der Waals surface area contributed by atoms with Gasteiger partial charge in [-0.1, -0.05) is 0 Å². The van der Waals surface area contributed by atoms with Crippen molar-refractivity contribution in [1.82, 2.24) is 10.2 Å². The zero-order chi connectivity index (χ0) is 18.1. The molecule has 1 aromatic rings. The molecule has 0 saturated carbocycles. The minimum atomic E-state index is -0.0826. The Morgan fingerprint density at radius 1 is 1.24 bits per heavy atom. The second-order valence-electron chi connectivity index (χ2n) is 6.45. The van der Waals surface area contributed by atoms with E-state index in [2.05, 4.69) is 10.2 Å². The van der Waals surface area contributed by atoms with Crippen LogP contribution < -0.4 is 14.8 Å². The molecule has 1 saturated heterocycles. The first-order chi connectivity index (χ1) is 12.1. The molecule has 2 rings (SSSR count). The lowest BCUT2D eigenvalue weighted by atomic mass is 10.2. The summed E-state index contributed by atoms with van der Waals surface area (Å²) in [5.41, 5.74) is 0.584. The number of hydrogen-bond donors (Lipinski definition) is 1. The van der Waals surface area contributed by atoms with Crippen LogP contribution in [0, 0.1) is 0 Å². The molecule has 0 radical (unpaired) electrons. The average Bonchev–Trinajstić information content (AvgIpc) is 2.62. The lowest BCUT2D eigenvalue weighted by molar-refractivity contribution is 0.0372. The smallest absolute Gasteiger partial charge is 0.251 e. The van der Waals surface area contributed by atoms with Crippen molar-refractivity contribution in [2.24, 2.45) is 0 Å². The number of carbonyl (C=O) groups is 1. The Bertz CT molecular complexity index is 542. The average molecular weight is 350 g/mol. The van der Waals surface area contributed by atoms with Crippen LogP contribution in [0.5, 0.6) is 11.5 Å². The first kappa shape index (κ1) is 19.5. The van der Waals surface area contributed by atoms with Gasteiger partial charge in [-0.05, 0) is 51.4 Å². The summed E-state index contributed by atoms with van der Waals surface area (Å²) in [5.74, 6) is 1.15. The third kappa shape index (κ3) is 6.55. The number of nitrogens with one attached hydrogen (secondary N) is 1. The van der Waals surface area contributed by atoms with Crippen molar-refractivity contribution in [1.29, 1.82) is 0 Å². The van der Waals surface area contributed by atoms with Crippen LogP contribution in [0.3, 0.4) is 0 Å². The normalized spacial score (nSPS) is 15.2. The van der Waals surface area contributed by atoms with Crippen LogP contribution in [-0.2, 0) is 4.74 Å². The lowest BCUT2D eigenvalue weighted by Crippen LogP contribution is -2.37. The Morgan fingerprint density at radius 3 is 2.68 bits per heavy atom. The highest BCUT2D eigenvalue weighted by Crippen LogP contribution is 2.28. The van der Waals surface area contributed by atoms with Gasteiger partial charge >= 0.3 is 0 Å². The van der Waals surface area contributed by atoms with Crippen molar-refractivity contribution in [3.63, 3.8) is 0 Å². The largest absolute Gasteiger partial charge is 0.493 e. The second kappa shape index (κ2) is 10.3. The summed E-state index contributed by atoms with van der Waals surface area (Å²) in [6.45, 7) is 9.33. The molecule has 1 aliphatic heterocycles. The third-order valence-corrected chi connectivity index (χ3v) is 4.08. The molecule has 1 fully saturated rings. The molecular formula is C19H30N2O4. The van der Waals surface area contributed by atoms with Crippen LogP contribution >= 0.6 is 0 Å². The van der Waals surface area contributed by atoms with Gasteiger partial charge in [-0.3, -0.25) is 9.69 Å². The zero-order valence-electron chi connectivity index (χ0n) is 15.5. The van der Waals surface area contributed by atoms with Gasteiger partial charge in [0, 0.05) is 25.2 Å². The molecule has 6 nitrogen and oxygen atoms in total. The maximum Gasteiger partial charge on any atom is 0.251 e. The van der Waals surface area contributed by atoms with Crippen LogP contribution in [-0.4, -0.2) is 63.4 Å². The van der Waals surface area contributed by atoms with Crippen LogP contribution in [0.25, 0.3) is 0 Å². The van der Waals surface area contributed by atoms with Gasteiger partial charge in [-0.15, -0.1) is 0 Å². The first-order valence-corrected chi connectivity index (χ1v) is 9.03. The monoisotopic (exact) mass is 350 g/mol. The number of unbranched alkanes of at least 4 members (excludes halogenated alkanes) is 1. The Kier molecular flexibility index (Phi) is 8.01. The Balaban J connectivity index is 1.74. The third-order valence-electron chi connectivity index (χ3n) is 4.08. The maximum absolute atomic E-state index is 12.3. The number of nitrogens with zero attached hydrogens (tertiary/aromatic N) is 1. The van der Waals surface area contributed by atoms with Crippen molar-refractivity contribution in [2.75, 3.05) is 46.5 Å².